The highest BCUT2D eigenvalue weighted by molar-refractivity contribution is 9.10. The molecule has 2 rings (SSSR count). The molecule has 0 bridgehead atoms. The predicted molar refractivity (Wildman–Crippen MR) is 66.6 cm³/mol. The van der Waals surface area contributed by atoms with Gasteiger partial charge in [0.2, 0.25) is 11.9 Å². The lowest BCUT2D eigenvalue weighted by Crippen LogP contribution is -2.28. The highest BCUT2D eigenvalue weighted by Gasteiger charge is 2.23. The fraction of sp³-hybridized carbons (Fsp3) is 0.182. The molecule has 1 fully saturated rings. The van der Waals surface area contributed by atoms with Crippen LogP contribution in [-0.4, -0.2) is 36.3 Å². The second-order valence-corrected chi connectivity index (χ2v) is 4.62. The Morgan fingerprint density at radius 1 is 1.56 bits per heavy atom. The van der Waals surface area contributed by atoms with Crippen molar-refractivity contribution in [3.05, 3.63) is 34.1 Å². The molecule has 94 valence electrons. The number of carbonyl (C=O) groups excluding carboxylic acids is 2. The molecule has 1 aliphatic heterocycles. The second kappa shape index (κ2) is 4.85. The Morgan fingerprint density at radius 3 is 2.83 bits per heavy atom. The van der Waals surface area contributed by atoms with Gasteiger partial charge in [0.25, 0.3) is 5.91 Å². The lowest BCUT2D eigenvalue weighted by Gasteiger charge is -2.08. The second-order valence-electron chi connectivity index (χ2n) is 3.77. The minimum Gasteiger partial charge on any atom is -0.336 e. The van der Waals surface area contributed by atoms with Gasteiger partial charge in [-0.1, -0.05) is 0 Å². The Balaban J connectivity index is 2.27. The average molecular weight is 314 g/mol. The number of aliphatic imine (C=N–C) groups is 1. The molecule has 0 aliphatic carbocycles. The van der Waals surface area contributed by atoms with Crippen LogP contribution in [0.3, 0.4) is 0 Å². The lowest BCUT2D eigenvalue weighted by molar-refractivity contribution is -0.118. The highest BCUT2D eigenvalue weighted by atomic mass is 79.9. The summed E-state index contributed by atoms with van der Waals surface area (Å²) in [6, 6.07) is 3.70. The summed E-state index contributed by atoms with van der Waals surface area (Å²) in [6.07, 6.45) is 0. The fourth-order valence-electron chi connectivity index (χ4n) is 1.48. The van der Waals surface area contributed by atoms with E-state index >= 15 is 0 Å². The van der Waals surface area contributed by atoms with Crippen LogP contribution < -0.4 is 5.32 Å². The molecule has 0 spiro atoms. The minimum atomic E-state index is -0.550. The van der Waals surface area contributed by atoms with Gasteiger partial charge < -0.3 is 4.90 Å². The number of halogens is 2. The van der Waals surface area contributed by atoms with Crippen LogP contribution in [0.5, 0.6) is 0 Å². The third-order valence-electron chi connectivity index (χ3n) is 2.36. The number of guanidine groups is 1. The van der Waals surface area contributed by atoms with Crippen molar-refractivity contribution in [1.29, 1.82) is 0 Å². The van der Waals surface area contributed by atoms with Crippen LogP contribution in [0.1, 0.15) is 10.4 Å². The van der Waals surface area contributed by atoms with Crippen LogP contribution in [0.4, 0.5) is 4.39 Å². The van der Waals surface area contributed by atoms with Crippen molar-refractivity contribution in [3.63, 3.8) is 0 Å². The first-order valence-corrected chi connectivity index (χ1v) is 5.86. The van der Waals surface area contributed by atoms with Gasteiger partial charge in [-0.05, 0) is 34.1 Å². The zero-order valence-electron chi connectivity index (χ0n) is 9.41. The van der Waals surface area contributed by atoms with Crippen LogP contribution >= 0.6 is 15.9 Å². The fourth-order valence-corrected chi connectivity index (χ4v) is 2.00. The molecule has 7 heteroatoms. The number of nitrogens with zero attached hydrogens (tertiary/aromatic N) is 2. The van der Waals surface area contributed by atoms with Crippen molar-refractivity contribution in [2.75, 3.05) is 13.6 Å². The molecule has 1 aromatic carbocycles. The lowest BCUT2D eigenvalue weighted by atomic mass is 10.2. The Kier molecular flexibility index (Phi) is 3.42. The highest BCUT2D eigenvalue weighted by Crippen LogP contribution is 2.19. The number of nitrogens with one attached hydrogen (secondary N) is 1. The van der Waals surface area contributed by atoms with E-state index in [0.29, 0.717) is 4.47 Å². The first kappa shape index (κ1) is 12.7. The normalized spacial score (nSPS) is 17.2. The van der Waals surface area contributed by atoms with Gasteiger partial charge >= 0.3 is 0 Å². The van der Waals surface area contributed by atoms with Gasteiger partial charge in [0, 0.05) is 11.5 Å². The molecular weight excluding hydrogens is 305 g/mol. The predicted octanol–water partition coefficient (Wildman–Crippen LogP) is 1.15. The number of benzene rings is 1. The average Bonchev–Trinajstić information content (AvgIpc) is 2.57. The summed E-state index contributed by atoms with van der Waals surface area (Å²) in [7, 11) is 1.64. The molecule has 0 atom stereocenters. The Morgan fingerprint density at radius 2 is 2.28 bits per heavy atom. The zero-order chi connectivity index (χ0) is 13.3. The summed E-state index contributed by atoms with van der Waals surface area (Å²) in [5.74, 6) is -1.02. The van der Waals surface area contributed by atoms with E-state index in [1.165, 1.54) is 23.1 Å². The van der Waals surface area contributed by atoms with Crippen molar-refractivity contribution in [2.24, 2.45) is 4.99 Å². The van der Waals surface area contributed by atoms with E-state index < -0.39 is 11.7 Å². The molecule has 0 saturated carbocycles. The van der Waals surface area contributed by atoms with Gasteiger partial charge in [0.1, 0.15) is 5.82 Å². The molecule has 0 radical (unpaired) electrons. The quantitative estimate of drug-likeness (QED) is 0.846. The zero-order valence-corrected chi connectivity index (χ0v) is 11.0. The standard InChI is InChI=1S/C11H9BrFN3O2/c1-16-5-9(17)14-11(16)15-10(18)7-3-2-6(13)4-8(7)12/h2-4H,5H2,1H3,(H,14,15,17,18). The molecule has 0 aromatic heterocycles. The van der Waals surface area contributed by atoms with Gasteiger partial charge in [-0.2, -0.15) is 4.99 Å². The summed E-state index contributed by atoms with van der Waals surface area (Å²) < 4.78 is 13.2. The van der Waals surface area contributed by atoms with Crippen LogP contribution in [0.25, 0.3) is 0 Å². The summed E-state index contributed by atoms with van der Waals surface area (Å²) >= 11 is 3.09. The van der Waals surface area contributed by atoms with Gasteiger partial charge in [-0.25, -0.2) is 4.39 Å². The van der Waals surface area contributed by atoms with Crippen molar-refractivity contribution >= 4 is 33.7 Å². The molecule has 1 saturated heterocycles. The molecule has 1 aliphatic rings. The third kappa shape index (κ3) is 2.56. The van der Waals surface area contributed by atoms with Gasteiger partial charge in [-0.15, -0.1) is 0 Å². The maximum absolute atomic E-state index is 12.9. The van der Waals surface area contributed by atoms with Crippen LogP contribution in [-0.2, 0) is 4.79 Å². The minimum absolute atomic E-state index is 0.163. The third-order valence-corrected chi connectivity index (χ3v) is 3.02. The number of hydrogen-bond donors (Lipinski definition) is 1. The number of carbonyl (C=O) groups is 2. The smallest absolute Gasteiger partial charge is 0.281 e. The van der Waals surface area contributed by atoms with Gasteiger partial charge in [0.15, 0.2) is 0 Å². The first-order valence-electron chi connectivity index (χ1n) is 5.06. The summed E-state index contributed by atoms with van der Waals surface area (Å²) in [5, 5.41) is 2.46. The maximum Gasteiger partial charge on any atom is 0.281 e. The molecule has 0 unspecified atom stereocenters. The van der Waals surface area contributed by atoms with E-state index in [2.05, 4.69) is 26.2 Å². The van der Waals surface area contributed by atoms with Crippen LogP contribution in [0, 0.1) is 5.82 Å². The summed E-state index contributed by atoms with van der Waals surface area (Å²) in [6.45, 7) is 0.163. The van der Waals surface area contributed by atoms with E-state index in [4.69, 9.17) is 0 Å². The number of rotatable bonds is 1. The Bertz CT molecular complexity index is 559. The molecule has 18 heavy (non-hydrogen) atoms. The number of hydrogen-bond acceptors (Lipinski definition) is 2. The molecule has 1 aromatic rings. The van der Waals surface area contributed by atoms with Crippen molar-refractivity contribution in [1.82, 2.24) is 10.2 Å². The van der Waals surface area contributed by atoms with E-state index in [0.717, 1.165) is 0 Å². The van der Waals surface area contributed by atoms with E-state index in [1.54, 1.807) is 7.05 Å². The van der Waals surface area contributed by atoms with Crippen LogP contribution in [0.2, 0.25) is 0 Å². The molecule has 1 N–H and O–H groups in total. The van der Waals surface area contributed by atoms with Crippen molar-refractivity contribution in [2.45, 2.75) is 0 Å². The molecule has 1 heterocycles. The number of amides is 2. The first-order chi connectivity index (χ1) is 8.47. The maximum atomic E-state index is 12.9. The molecule has 2 amide bonds. The van der Waals surface area contributed by atoms with Gasteiger partial charge in [0.05, 0.1) is 12.1 Å². The topological polar surface area (TPSA) is 61.8 Å². The summed E-state index contributed by atoms with van der Waals surface area (Å²) in [5.41, 5.74) is 0.235. The van der Waals surface area contributed by atoms with E-state index in [-0.39, 0.29) is 24.0 Å². The Hall–Kier alpha value is -1.76. The molecule has 5 nitrogen and oxygen atoms in total. The monoisotopic (exact) mass is 313 g/mol. The number of likely N-dealkylation sites (N-methyl/N-ethyl adjacent to an activating group) is 1. The van der Waals surface area contributed by atoms with Gasteiger partial charge in [-0.3, -0.25) is 14.9 Å². The summed E-state index contributed by atoms with van der Waals surface area (Å²) in [4.78, 5) is 28.3. The van der Waals surface area contributed by atoms with E-state index in [1.807, 2.05) is 0 Å². The molecular formula is C11H9BrFN3O2. The largest absolute Gasteiger partial charge is 0.336 e. The Labute approximate surface area is 111 Å². The van der Waals surface area contributed by atoms with Crippen molar-refractivity contribution < 1.29 is 14.0 Å². The van der Waals surface area contributed by atoms with Crippen LogP contribution in [0.15, 0.2) is 27.7 Å². The SMILES string of the molecule is CN1CC(=O)NC1=NC(=O)c1ccc(F)cc1Br. The van der Waals surface area contributed by atoms with E-state index in [9.17, 15) is 14.0 Å². The van der Waals surface area contributed by atoms with Crippen molar-refractivity contribution in [3.8, 4) is 0 Å².